The van der Waals surface area contributed by atoms with Gasteiger partial charge in [0.05, 0.1) is 5.02 Å². The number of halogens is 1. The fourth-order valence-corrected chi connectivity index (χ4v) is 2.64. The Morgan fingerprint density at radius 2 is 2.07 bits per heavy atom. The fourth-order valence-electron chi connectivity index (χ4n) is 2.46. The summed E-state index contributed by atoms with van der Waals surface area (Å²) in [6.45, 7) is 2.07. The van der Waals surface area contributed by atoms with Crippen LogP contribution in [0.3, 0.4) is 0 Å². The van der Waals surface area contributed by atoms with Gasteiger partial charge in [-0.05, 0) is 37.3 Å². The zero-order chi connectivity index (χ0) is 20.1. The maximum atomic E-state index is 13.0. The first-order chi connectivity index (χ1) is 13.5. The number of amides is 1. The number of likely N-dealkylation sites (N-methyl/N-ethyl adjacent to an activating group) is 1. The Hall–Kier alpha value is -3.63. The molecule has 3 aromatic rings. The molecule has 2 aromatic heterocycles. The van der Waals surface area contributed by atoms with Crippen LogP contribution in [0.2, 0.25) is 5.02 Å². The molecule has 0 spiro atoms. The summed E-state index contributed by atoms with van der Waals surface area (Å²) >= 11 is 6.14. The SMILES string of the molecule is CCNC(=O)/C(C#N)=C/c1c(Oc2ccccc2Cl)nc2ccccn2c1=O. The molecule has 0 unspecified atom stereocenters. The lowest BCUT2D eigenvalue weighted by Gasteiger charge is -2.11. The minimum Gasteiger partial charge on any atom is -0.437 e. The van der Waals surface area contributed by atoms with E-state index < -0.39 is 11.5 Å². The predicted molar refractivity (Wildman–Crippen MR) is 105 cm³/mol. The normalized spacial score (nSPS) is 11.1. The number of para-hydroxylation sites is 1. The Morgan fingerprint density at radius 1 is 1.32 bits per heavy atom. The van der Waals surface area contributed by atoms with Crippen molar-refractivity contribution in [3.05, 3.63) is 75.2 Å². The molecule has 0 saturated heterocycles. The highest BCUT2D eigenvalue weighted by Gasteiger charge is 2.17. The average Bonchev–Trinajstić information content (AvgIpc) is 2.70. The van der Waals surface area contributed by atoms with Gasteiger partial charge in [0.1, 0.15) is 28.6 Å². The Bertz CT molecular complexity index is 1180. The van der Waals surface area contributed by atoms with Crippen LogP contribution in [0.1, 0.15) is 12.5 Å². The van der Waals surface area contributed by atoms with Crippen molar-refractivity contribution in [1.29, 1.82) is 5.26 Å². The molecule has 1 N–H and O–H groups in total. The number of aromatic nitrogens is 2. The maximum Gasteiger partial charge on any atom is 0.269 e. The molecular formula is C20H15ClN4O3. The van der Waals surface area contributed by atoms with Gasteiger partial charge in [-0.2, -0.15) is 10.2 Å². The van der Waals surface area contributed by atoms with E-state index in [-0.39, 0.29) is 17.0 Å². The van der Waals surface area contributed by atoms with E-state index in [1.807, 2.05) is 0 Å². The van der Waals surface area contributed by atoms with Crippen LogP contribution in [0.15, 0.2) is 59.0 Å². The summed E-state index contributed by atoms with van der Waals surface area (Å²) in [6.07, 6.45) is 2.71. The van der Waals surface area contributed by atoms with Crippen molar-refractivity contribution < 1.29 is 9.53 Å². The third-order valence-electron chi connectivity index (χ3n) is 3.77. The highest BCUT2D eigenvalue weighted by atomic mass is 35.5. The van der Waals surface area contributed by atoms with Crippen LogP contribution in [0.25, 0.3) is 11.7 Å². The zero-order valence-electron chi connectivity index (χ0n) is 14.8. The van der Waals surface area contributed by atoms with Crippen LogP contribution in [-0.2, 0) is 4.79 Å². The minimum atomic E-state index is -0.591. The molecule has 0 saturated carbocycles. The summed E-state index contributed by atoms with van der Waals surface area (Å²) in [5, 5.41) is 12.2. The summed E-state index contributed by atoms with van der Waals surface area (Å²) in [4.78, 5) is 29.4. The van der Waals surface area contributed by atoms with E-state index in [0.29, 0.717) is 23.0 Å². The van der Waals surface area contributed by atoms with Crippen molar-refractivity contribution in [3.63, 3.8) is 0 Å². The first kappa shape index (κ1) is 19.1. The molecule has 0 fully saturated rings. The summed E-state index contributed by atoms with van der Waals surface area (Å²) < 4.78 is 7.08. The summed E-state index contributed by atoms with van der Waals surface area (Å²) in [6, 6.07) is 13.6. The van der Waals surface area contributed by atoms with Gasteiger partial charge in [-0.1, -0.05) is 29.8 Å². The van der Waals surface area contributed by atoms with Crippen LogP contribution < -0.4 is 15.6 Å². The van der Waals surface area contributed by atoms with Crippen molar-refractivity contribution in [3.8, 4) is 17.7 Å². The number of carbonyl (C=O) groups excluding carboxylic acids is 1. The molecule has 140 valence electrons. The highest BCUT2D eigenvalue weighted by molar-refractivity contribution is 6.32. The molecule has 28 heavy (non-hydrogen) atoms. The van der Waals surface area contributed by atoms with Crippen LogP contribution in [0, 0.1) is 11.3 Å². The van der Waals surface area contributed by atoms with E-state index in [1.165, 1.54) is 10.5 Å². The second-order valence-electron chi connectivity index (χ2n) is 5.63. The molecular weight excluding hydrogens is 380 g/mol. The lowest BCUT2D eigenvalue weighted by Crippen LogP contribution is -2.25. The molecule has 0 aliphatic rings. The van der Waals surface area contributed by atoms with Crippen molar-refractivity contribution in [2.24, 2.45) is 0 Å². The van der Waals surface area contributed by atoms with Gasteiger partial charge in [0.15, 0.2) is 0 Å². The van der Waals surface area contributed by atoms with Gasteiger partial charge in [-0.15, -0.1) is 0 Å². The number of hydrogen-bond donors (Lipinski definition) is 1. The molecule has 0 atom stereocenters. The van der Waals surface area contributed by atoms with Gasteiger partial charge in [0.2, 0.25) is 5.88 Å². The van der Waals surface area contributed by atoms with Crippen LogP contribution in [0.5, 0.6) is 11.6 Å². The number of nitrogens with zero attached hydrogens (tertiary/aromatic N) is 3. The number of fused-ring (bicyclic) bond motifs is 1. The first-order valence-corrected chi connectivity index (χ1v) is 8.76. The standard InChI is InChI=1S/C20H15ClN4O3/c1-2-23-18(26)13(12-22)11-14-19(28-16-8-4-3-7-15(16)21)24-17-9-5-6-10-25(17)20(14)27/h3-11H,2H2,1H3,(H,23,26)/b13-11+. The van der Waals surface area contributed by atoms with Crippen molar-refractivity contribution in [2.45, 2.75) is 6.92 Å². The Labute approximate surface area is 165 Å². The highest BCUT2D eigenvalue weighted by Crippen LogP contribution is 2.29. The van der Waals surface area contributed by atoms with E-state index in [9.17, 15) is 14.9 Å². The number of pyridine rings is 1. The Morgan fingerprint density at radius 3 is 2.79 bits per heavy atom. The summed E-state index contributed by atoms with van der Waals surface area (Å²) in [5.41, 5.74) is -0.403. The van der Waals surface area contributed by atoms with Gasteiger partial charge in [-0.25, -0.2) is 0 Å². The van der Waals surface area contributed by atoms with Gasteiger partial charge < -0.3 is 10.1 Å². The Kier molecular flexibility index (Phi) is 5.72. The Balaban J connectivity index is 2.23. The third-order valence-corrected chi connectivity index (χ3v) is 4.08. The van der Waals surface area contributed by atoms with E-state index >= 15 is 0 Å². The number of carbonyl (C=O) groups is 1. The largest absolute Gasteiger partial charge is 0.437 e. The number of nitrogens with one attached hydrogen (secondary N) is 1. The fraction of sp³-hybridized carbons (Fsp3) is 0.100. The quantitative estimate of drug-likeness (QED) is 0.529. The molecule has 3 rings (SSSR count). The smallest absolute Gasteiger partial charge is 0.269 e. The van der Waals surface area contributed by atoms with Gasteiger partial charge in [0.25, 0.3) is 11.5 Å². The summed E-state index contributed by atoms with van der Waals surface area (Å²) in [5.74, 6) is -0.352. The maximum absolute atomic E-state index is 13.0. The lowest BCUT2D eigenvalue weighted by atomic mass is 10.1. The summed E-state index contributed by atoms with van der Waals surface area (Å²) in [7, 11) is 0. The van der Waals surface area contributed by atoms with Gasteiger partial charge in [0, 0.05) is 12.7 Å². The van der Waals surface area contributed by atoms with Crippen LogP contribution in [-0.4, -0.2) is 21.8 Å². The predicted octanol–water partition coefficient (Wildman–Crippen LogP) is 3.18. The minimum absolute atomic E-state index is 0.0357. The van der Waals surface area contributed by atoms with Crippen molar-refractivity contribution >= 4 is 29.2 Å². The molecule has 0 aliphatic heterocycles. The van der Waals surface area contributed by atoms with E-state index in [2.05, 4.69) is 10.3 Å². The number of benzene rings is 1. The van der Waals surface area contributed by atoms with E-state index in [0.717, 1.165) is 0 Å². The number of hydrogen-bond acceptors (Lipinski definition) is 5. The topological polar surface area (TPSA) is 96.5 Å². The molecule has 1 amide bonds. The monoisotopic (exact) mass is 394 g/mol. The molecule has 0 bridgehead atoms. The number of nitriles is 1. The van der Waals surface area contributed by atoms with Gasteiger partial charge in [-0.3, -0.25) is 14.0 Å². The van der Waals surface area contributed by atoms with Crippen molar-refractivity contribution in [2.75, 3.05) is 6.54 Å². The lowest BCUT2D eigenvalue weighted by molar-refractivity contribution is -0.116. The van der Waals surface area contributed by atoms with Crippen LogP contribution in [0.4, 0.5) is 0 Å². The second kappa shape index (κ2) is 8.37. The first-order valence-electron chi connectivity index (χ1n) is 8.39. The molecule has 1 aromatic carbocycles. The third kappa shape index (κ3) is 3.87. The molecule has 0 radical (unpaired) electrons. The van der Waals surface area contributed by atoms with Crippen LogP contribution >= 0.6 is 11.6 Å². The molecule has 0 aliphatic carbocycles. The molecule has 7 nitrogen and oxygen atoms in total. The zero-order valence-corrected chi connectivity index (χ0v) is 15.6. The molecule has 8 heteroatoms. The van der Waals surface area contributed by atoms with E-state index in [4.69, 9.17) is 16.3 Å². The second-order valence-corrected chi connectivity index (χ2v) is 6.03. The number of ether oxygens (including phenoxy) is 1. The van der Waals surface area contributed by atoms with Crippen molar-refractivity contribution in [1.82, 2.24) is 14.7 Å². The van der Waals surface area contributed by atoms with E-state index in [1.54, 1.807) is 61.7 Å². The average molecular weight is 395 g/mol. The molecule has 2 heterocycles. The number of rotatable bonds is 5. The van der Waals surface area contributed by atoms with Gasteiger partial charge >= 0.3 is 0 Å².